The van der Waals surface area contributed by atoms with Crippen LogP contribution in [0.1, 0.15) is 18.4 Å². The standard InChI is InChI=1S/C20H22N4O3S/c1-23-14-21-22-20(23)28(26,27)17-9-11-24(12-10-17)19(25)13-16-7-4-6-15-5-2-3-8-18(15)16/h2-8,14,17H,9-13H2,1H3. The minimum atomic E-state index is -3.53. The van der Waals surface area contributed by atoms with Gasteiger partial charge in [-0.2, -0.15) is 0 Å². The van der Waals surface area contributed by atoms with Gasteiger partial charge < -0.3 is 9.47 Å². The highest BCUT2D eigenvalue weighted by Gasteiger charge is 2.35. The van der Waals surface area contributed by atoms with Crippen LogP contribution in [-0.4, -0.2) is 52.3 Å². The number of carbonyl (C=O) groups excluding carboxylic acids is 1. The van der Waals surface area contributed by atoms with E-state index in [-0.39, 0.29) is 11.1 Å². The van der Waals surface area contributed by atoms with E-state index in [0.717, 1.165) is 16.3 Å². The number of piperidine rings is 1. The van der Waals surface area contributed by atoms with E-state index in [1.807, 2.05) is 42.5 Å². The Morgan fingerprint density at radius 1 is 1.11 bits per heavy atom. The van der Waals surface area contributed by atoms with Crippen LogP contribution >= 0.6 is 0 Å². The number of aromatic nitrogens is 3. The van der Waals surface area contributed by atoms with E-state index in [0.29, 0.717) is 32.4 Å². The average Bonchev–Trinajstić information content (AvgIpc) is 3.15. The highest BCUT2D eigenvalue weighted by molar-refractivity contribution is 7.91. The van der Waals surface area contributed by atoms with Crippen LogP contribution in [0, 0.1) is 0 Å². The summed E-state index contributed by atoms with van der Waals surface area (Å²) in [6, 6.07) is 14.0. The number of sulfone groups is 1. The van der Waals surface area contributed by atoms with Crippen LogP contribution in [0.3, 0.4) is 0 Å². The predicted molar refractivity (Wildman–Crippen MR) is 105 cm³/mol. The van der Waals surface area contributed by atoms with Crippen molar-refractivity contribution in [2.24, 2.45) is 7.05 Å². The molecule has 0 saturated carbocycles. The van der Waals surface area contributed by atoms with E-state index in [1.54, 1.807) is 11.9 Å². The number of carbonyl (C=O) groups is 1. The molecule has 1 amide bonds. The lowest BCUT2D eigenvalue weighted by molar-refractivity contribution is -0.131. The summed E-state index contributed by atoms with van der Waals surface area (Å²) in [4.78, 5) is 14.6. The molecule has 1 aliphatic heterocycles. The van der Waals surface area contributed by atoms with E-state index in [1.165, 1.54) is 10.9 Å². The molecule has 1 aromatic heterocycles. The van der Waals surface area contributed by atoms with Crippen molar-refractivity contribution >= 4 is 26.5 Å². The molecule has 28 heavy (non-hydrogen) atoms. The second kappa shape index (κ2) is 7.35. The molecule has 0 N–H and O–H groups in total. The zero-order valence-electron chi connectivity index (χ0n) is 15.7. The number of likely N-dealkylation sites (tertiary alicyclic amines) is 1. The van der Waals surface area contributed by atoms with Crippen LogP contribution in [0.2, 0.25) is 0 Å². The Labute approximate surface area is 163 Å². The smallest absolute Gasteiger partial charge is 0.249 e. The quantitative estimate of drug-likeness (QED) is 0.671. The second-order valence-electron chi connectivity index (χ2n) is 7.16. The first-order chi connectivity index (χ1) is 13.5. The lowest BCUT2D eigenvalue weighted by atomic mass is 10.0. The van der Waals surface area contributed by atoms with Gasteiger partial charge in [-0.15, -0.1) is 10.2 Å². The Morgan fingerprint density at radius 3 is 2.54 bits per heavy atom. The van der Waals surface area contributed by atoms with Gasteiger partial charge in [-0.05, 0) is 29.2 Å². The highest BCUT2D eigenvalue weighted by atomic mass is 32.2. The van der Waals surface area contributed by atoms with Crippen molar-refractivity contribution in [2.45, 2.75) is 29.7 Å². The fraction of sp³-hybridized carbons (Fsp3) is 0.350. The van der Waals surface area contributed by atoms with Crippen molar-refractivity contribution < 1.29 is 13.2 Å². The van der Waals surface area contributed by atoms with E-state index in [9.17, 15) is 13.2 Å². The fourth-order valence-corrected chi connectivity index (χ4v) is 5.56. The molecule has 0 unspecified atom stereocenters. The molecule has 146 valence electrons. The molecule has 0 atom stereocenters. The summed E-state index contributed by atoms with van der Waals surface area (Å²) in [5.41, 5.74) is 0.997. The number of rotatable bonds is 4. The lowest BCUT2D eigenvalue weighted by Crippen LogP contribution is -2.43. The monoisotopic (exact) mass is 398 g/mol. The third-order valence-corrected chi connectivity index (χ3v) is 7.61. The molecule has 4 rings (SSSR count). The topological polar surface area (TPSA) is 85.2 Å². The number of hydrogen-bond donors (Lipinski definition) is 0. The van der Waals surface area contributed by atoms with Crippen LogP contribution in [-0.2, 0) is 28.1 Å². The summed E-state index contributed by atoms with van der Waals surface area (Å²) in [7, 11) is -1.91. The van der Waals surface area contributed by atoms with Crippen molar-refractivity contribution in [3.05, 3.63) is 54.4 Å². The maximum Gasteiger partial charge on any atom is 0.249 e. The maximum atomic E-state index is 12.8. The first-order valence-electron chi connectivity index (χ1n) is 9.29. The van der Waals surface area contributed by atoms with Gasteiger partial charge in [0.2, 0.25) is 20.9 Å². The number of nitrogens with zero attached hydrogens (tertiary/aromatic N) is 4. The summed E-state index contributed by atoms with van der Waals surface area (Å²) in [5, 5.41) is 9.07. The first-order valence-corrected chi connectivity index (χ1v) is 10.8. The lowest BCUT2D eigenvalue weighted by Gasteiger charge is -2.31. The van der Waals surface area contributed by atoms with Gasteiger partial charge in [-0.25, -0.2) is 8.42 Å². The van der Waals surface area contributed by atoms with Crippen molar-refractivity contribution in [3.63, 3.8) is 0 Å². The van der Waals surface area contributed by atoms with Crippen molar-refractivity contribution in [1.29, 1.82) is 0 Å². The van der Waals surface area contributed by atoms with Crippen LogP contribution in [0.5, 0.6) is 0 Å². The SMILES string of the molecule is Cn1cnnc1S(=O)(=O)C1CCN(C(=O)Cc2cccc3ccccc23)CC1. The highest BCUT2D eigenvalue weighted by Crippen LogP contribution is 2.24. The van der Waals surface area contributed by atoms with Crippen LogP contribution in [0.25, 0.3) is 10.8 Å². The number of aryl methyl sites for hydroxylation is 1. The van der Waals surface area contributed by atoms with Crippen LogP contribution in [0.15, 0.2) is 53.9 Å². The molecule has 0 spiro atoms. The van der Waals surface area contributed by atoms with Crippen LogP contribution < -0.4 is 0 Å². The Balaban J connectivity index is 1.44. The Morgan fingerprint density at radius 2 is 1.82 bits per heavy atom. The molecular weight excluding hydrogens is 376 g/mol. The summed E-state index contributed by atoms with van der Waals surface area (Å²) in [6.45, 7) is 0.872. The molecule has 2 aromatic carbocycles. The van der Waals surface area contributed by atoms with Gasteiger partial charge in [0.25, 0.3) is 0 Å². The largest absolute Gasteiger partial charge is 0.342 e. The molecule has 1 saturated heterocycles. The molecule has 0 aliphatic carbocycles. The second-order valence-corrected chi connectivity index (χ2v) is 9.29. The zero-order valence-corrected chi connectivity index (χ0v) is 16.5. The van der Waals surface area contributed by atoms with E-state index >= 15 is 0 Å². The number of fused-ring (bicyclic) bond motifs is 1. The third-order valence-electron chi connectivity index (χ3n) is 5.38. The van der Waals surface area contributed by atoms with Gasteiger partial charge in [-0.3, -0.25) is 4.79 Å². The summed E-state index contributed by atoms with van der Waals surface area (Å²) in [6.07, 6.45) is 2.53. The Kier molecular flexibility index (Phi) is 4.89. The van der Waals surface area contributed by atoms with Crippen molar-refractivity contribution in [1.82, 2.24) is 19.7 Å². The Hall–Kier alpha value is -2.74. The van der Waals surface area contributed by atoms with Crippen molar-refractivity contribution in [2.75, 3.05) is 13.1 Å². The van der Waals surface area contributed by atoms with E-state index in [4.69, 9.17) is 0 Å². The van der Waals surface area contributed by atoms with Gasteiger partial charge in [-0.1, -0.05) is 42.5 Å². The molecule has 1 aliphatic rings. The molecule has 7 nitrogen and oxygen atoms in total. The minimum absolute atomic E-state index is 0.00645. The summed E-state index contributed by atoms with van der Waals surface area (Å²) < 4.78 is 26.9. The van der Waals surface area contributed by atoms with Crippen LogP contribution in [0.4, 0.5) is 0 Å². The molecule has 3 aromatic rings. The summed E-state index contributed by atoms with van der Waals surface area (Å²) in [5.74, 6) is 0.0332. The van der Waals surface area contributed by atoms with Gasteiger partial charge in [0.15, 0.2) is 0 Å². The first kappa shape index (κ1) is 18.6. The van der Waals surface area contributed by atoms with Gasteiger partial charge in [0, 0.05) is 20.1 Å². The molecule has 1 fully saturated rings. The van der Waals surface area contributed by atoms with Crippen molar-refractivity contribution in [3.8, 4) is 0 Å². The van der Waals surface area contributed by atoms with Gasteiger partial charge >= 0.3 is 0 Å². The van der Waals surface area contributed by atoms with E-state index < -0.39 is 15.1 Å². The maximum absolute atomic E-state index is 12.8. The Bertz CT molecular complexity index is 1110. The normalized spacial score (nSPS) is 15.8. The number of benzene rings is 2. The predicted octanol–water partition coefficient (Wildman–Crippen LogP) is 1.98. The number of amides is 1. The molecule has 8 heteroatoms. The zero-order chi connectivity index (χ0) is 19.7. The molecule has 0 radical (unpaired) electrons. The number of hydrogen-bond acceptors (Lipinski definition) is 5. The molecule has 2 heterocycles. The minimum Gasteiger partial charge on any atom is -0.342 e. The third kappa shape index (κ3) is 3.40. The van der Waals surface area contributed by atoms with Gasteiger partial charge in [0.1, 0.15) is 6.33 Å². The van der Waals surface area contributed by atoms with E-state index in [2.05, 4.69) is 10.2 Å². The summed E-state index contributed by atoms with van der Waals surface area (Å²) >= 11 is 0. The fourth-order valence-electron chi connectivity index (χ4n) is 3.82. The molecule has 0 bridgehead atoms. The molecular formula is C20H22N4O3S. The van der Waals surface area contributed by atoms with Gasteiger partial charge in [0.05, 0.1) is 11.7 Å². The average molecular weight is 398 g/mol.